The lowest BCUT2D eigenvalue weighted by molar-refractivity contribution is -0.118. The highest BCUT2D eigenvalue weighted by Crippen LogP contribution is 2.29. The van der Waals surface area contributed by atoms with Gasteiger partial charge < -0.3 is 19.8 Å². The van der Waals surface area contributed by atoms with Crippen LogP contribution in [0.1, 0.15) is 38.3 Å². The number of carbonyl (C=O) groups excluding carboxylic acids is 2. The van der Waals surface area contributed by atoms with Crippen molar-refractivity contribution in [2.75, 3.05) is 5.32 Å². The first-order valence-corrected chi connectivity index (χ1v) is 13.0. The van der Waals surface area contributed by atoms with Crippen LogP contribution < -0.4 is 20.1 Å². The summed E-state index contributed by atoms with van der Waals surface area (Å²) in [7, 11) is 0. The number of rotatable bonds is 9. The number of anilines is 1. The Morgan fingerprint density at radius 3 is 2.46 bits per heavy atom. The van der Waals surface area contributed by atoms with Gasteiger partial charge in [-0.2, -0.15) is 0 Å². The molecule has 2 atom stereocenters. The number of imidazole rings is 1. The van der Waals surface area contributed by atoms with Gasteiger partial charge >= 0.3 is 0 Å². The highest BCUT2D eigenvalue weighted by Gasteiger charge is 2.31. The summed E-state index contributed by atoms with van der Waals surface area (Å²) in [4.78, 5) is 31.2. The highest BCUT2D eigenvalue weighted by atomic mass is 32.2. The minimum atomic E-state index is -0.386. The fourth-order valence-corrected chi connectivity index (χ4v) is 4.95. The molecule has 1 aliphatic heterocycles. The summed E-state index contributed by atoms with van der Waals surface area (Å²) in [5.41, 5.74) is 3.65. The third-order valence-corrected chi connectivity index (χ3v) is 6.79. The maximum absolute atomic E-state index is 11.8. The second kappa shape index (κ2) is 10.6. The number of fused-ring (bicyclic) bond motifs is 1. The molecule has 3 N–H and O–H groups in total. The van der Waals surface area contributed by atoms with Crippen LogP contribution in [-0.2, 0) is 11.2 Å². The molecule has 0 radical (unpaired) electrons. The van der Waals surface area contributed by atoms with E-state index >= 15 is 0 Å². The normalized spacial score (nSPS) is 16.2. The zero-order chi connectivity index (χ0) is 25.9. The van der Waals surface area contributed by atoms with Gasteiger partial charge in [0, 0.05) is 23.9 Å². The smallest absolute Gasteiger partial charge is 0.286 e. The lowest BCUT2D eigenvalue weighted by Gasteiger charge is -2.13. The molecular weight excluding hydrogens is 488 g/mol. The van der Waals surface area contributed by atoms with E-state index in [9.17, 15) is 9.59 Å². The number of ether oxygens (including phenoxy) is 2. The van der Waals surface area contributed by atoms with Gasteiger partial charge in [-0.05, 0) is 69.2 Å². The average molecular weight is 517 g/mol. The van der Waals surface area contributed by atoms with Gasteiger partial charge in [0.15, 0.2) is 6.10 Å². The summed E-state index contributed by atoms with van der Waals surface area (Å²) in [6.07, 6.45) is 0.181. The predicted octanol–water partition coefficient (Wildman–Crippen LogP) is 6.21. The first-order chi connectivity index (χ1) is 17.8. The summed E-state index contributed by atoms with van der Waals surface area (Å²) in [5.74, 6) is 2.62. The molecule has 1 saturated heterocycles. The molecule has 1 aromatic heterocycles. The quantitative estimate of drug-likeness (QED) is 0.243. The van der Waals surface area contributed by atoms with Gasteiger partial charge in [-0.25, -0.2) is 4.98 Å². The van der Waals surface area contributed by atoms with Crippen molar-refractivity contribution >= 4 is 39.6 Å². The molecule has 0 saturated carbocycles. The van der Waals surface area contributed by atoms with E-state index in [-0.39, 0.29) is 22.5 Å². The zero-order valence-electron chi connectivity index (χ0n) is 20.8. The van der Waals surface area contributed by atoms with Crippen molar-refractivity contribution in [1.29, 1.82) is 0 Å². The van der Waals surface area contributed by atoms with Crippen molar-refractivity contribution in [3.05, 3.63) is 78.1 Å². The monoisotopic (exact) mass is 516 g/mol. The number of amides is 2. The third-order valence-electron chi connectivity index (χ3n) is 5.81. The van der Waals surface area contributed by atoms with Gasteiger partial charge in [0.25, 0.3) is 5.24 Å². The Hall–Kier alpha value is -3.98. The number of hydrogen-bond donors (Lipinski definition) is 3. The van der Waals surface area contributed by atoms with Crippen molar-refractivity contribution in [3.63, 3.8) is 0 Å². The molecule has 37 heavy (non-hydrogen) atoms. The van der Waals surface area contributed by atoms with E-state index in [0.717, 1.165) is 39.8 Å². The highest BCUT2D eigenvalue weighted by molar-refractivity contribution is 8.15. The Kier molecular flexibility index (Phi) is 7.05. The molecule has 8 nitrogen and oxygen atoms in total. The van der Waals surface area contributed by atoms with Crippen molar-refractivity contribution < 1.29 is 19.1 Å². The number of aromatic nitrogens is 2. The molecule has 1 fully saturated rings. The van der Waals surface area contributed by atoms with Gasteiger partial charge in [-0.1, -0.05) is 30.0 Å². The average Bonchev–Trinajstić information content (AvgIpc) is 3.42. The van der Waals surface area contributed by atoms with E-state index in [1.807, 2.05) is 73.7 Å². The Bertz CT molecular complexity index is 1430. The van der Waals surface area contributed by atoms with E-state index in [4.69, 9.17) is 9.47 Å². The molecule has 2 unspecified atom stereocenters. The summed E-state index contributed by atoms with van der Waals surface area (Å²) >= 11 is 1.03. The number of nitrogens with zero attached hydrogens (tertiary/aromatic N) is 1. The van der Waals surface area contributed by atoms with Gasteiger partial charge in [-0.3, -0.25) is 14.9 Å². The Morgan fingerprint density at radius 1 is 0.973 bits per heavy atom. The van der Waals surface area contributed by atoms with Crippen LogP contribution in [0.4, 0.5) is 10.5 Å². The van der Waals surface area contributed by atoms with Crippen LogP contribution in [-0.4, -0.2) is 32.4 Å². The number of benzene rings is 3. The second-order valence-electron chi connectivity index (χ2n) is 9.22. The van der Waals surface area contributed by atoms with Crippen molar-refractivity contribution in [3.8, 4) is 17.2 Å². The fourth-order valence-electron chi connectivity index (χ4n) is 4.09. The second-order valence-corrected chi connectivity index (χ2v) is 10.4. The number of nitrogens with one attached hydrogen (secondary N) is 3. The van der Waals surface area contributed by atoms with Crippen molar-refractivity contribution in [2.24, 2.45) is 0 Å². The molecule has 4 aromatic rings. The van der Waals surface area contributed by atoms with Crippen LogP contribution in [0.25, 0.3) is 11.0 Å². The number of H-pyrrole nitrogens is 1. The van der Waals surface area contributed by atoms with Crippen LogP contribution in [0.3, 0.4) is 0 Å². The van der Waals surface area contributed by atoms with Crippen LogP contribution in [0.5, 0.6) is 17.2 Å². The summed E-state index contributed by atoms with van der Waals surface area (Å²) in [6, 6.07) is 21.5. The Balaban J connectivity index is 1.23. The van der Waals surface area contributed by atoms with Gasteiger partial charge in [0.2, 0.25) is 5.91 Å². The lowest BCUT2D eigenvalue weighted by atomic mass is 10.1. The lowest BCUT2D eigenvalue weighted by Crippen LogP contribution is -2.25. The molecule has 2 heterocycles. The summed E-state index contributed by atoms with van der Waals surface area (Å²) in [6.45, 7) is 6.12. The summed E-state index contributed by atoms with van der Waals surface area (Å²) < 4.78 is 12.2. The number of imide groups is 1. The topological polar surface area (TPSA) is 105 Å². The van der Waals surface area contributed by atoms with Crippen LogP contribution in [0.15, 0.2) is 66.7 Å². The van der Waals surface area contributed by atoms with Crippen molar-refractivity contribution in [2.45, 2.75) is 44.6 Å². The maximum atomic E-state index is 11.8. The maximum Gasteiger partial charge on any atom is 0.286 e. The Labute approximate surface area is 219 Å². The van der Waals surface area contributed by atoms with Crippen LogP contribution in [0, 0.1) is 0 Å². The van der Waals surface area contributed by atoms with Crippen molar-refractivity contribution in [1.82, 2.24) is 15.3 Å². The minimum absolute atomic E-state index is 0.237. The molecule has 2 amide bonds. The van der Waals surface area contributed by atoms with E-state index in [1.54, 1.807) is 0 Å². The Morgan fingerprint density at radius 2 is 1.73 bits per heavy atom. The van der Waals surface area contributed by atoms with E-state index in [1.165, 1.54) is 0 Å². The fraction of sp³-hybridized carbons (Fsp3) is 0.250. The predicted molar refractivity (Wildman–Crippen MR) is 145 cm³/mol. The van der Waals surface area contributed by atoms with Crippen LogP contribution >= 0.6 is 11.8 Å². The zero-order valence-corrected chi connectivity index (χ0v) is 21.6. The summed E-state index contributed by atoms with van der Waals surface area (Å²) in [5, 5.41) is 5.02. The minimum Gasteiger partial charge on any atom is -0.483 e. The SMILES string of the molecule is CC(C)Nc1cccc(Oc2ccc3nc(C(C)Oc4ccc(CC5SC(=O)NC5=O)cc4)[nH]c3c2)c1. The largest absolute Gasteiger partial charge is 0.483 e. The van der Waals surface area contributed by atoms with E-state index < -0.39 is 0 Å². The standard InChI is InChI=1S/C28H28N4O4S/c1-16(2)29-19-5-4-6-21(14-19)36-22-11-12-23-24(15-22)31-26(30-23)17(3)35-20-9-7-18(8-10-20)13-25-27(33)32-28(34)37-25/h4-12,14-17,25,29H,13H2,1-3H3,(H,30,31)(H,32,33,34). The van der Waals surface area contributed by atoms with Gasteiger partial charge in [0.1, 0.15) is 23.1 Å². The molecule has 1 aliphatic rings. The molecule has 190 valence electrons. The molecule has 3 aromatic carbocycles. The van der Waals surface area contributed by atoms with E-state index in [2.05, 4.69) is 34.4 Å². The van der Waals surface area contributed by atoms with Gasteiger partial charge in [-0.15, -0.1) is 0 Å². The molecule has 0 spiro atoms. The first kappa shape index (κ1) is 24.7. The number of carbonyl (C=O) groups is 2. The number of thioether (sulfide) groups is 1. The van der Waals surface area contributed by atoms with Gasteiger partial charge in [0.05, 0.1) is 16.3 Å². The molecule has 5 rings (SSSR count). The molecule has 9 heteroatoms. The number of aromatic amines is 1. The van der Waals surface area contributed by atoms with Crippen LogP contribution in [0.2, 0.25) is 0 Å². The van der Waals surface area contributed by atoms with E-state index in [0.29, 0.717) is 29.8 Å². The molecule has 0 aliphatic carbocycles. The third kappa shape index (κ3) is 6.06. The molecular formula is C28H28N4O4S. The molecule has 0 bridgehead atoms. The number of hydrogen-bond acceptors (Lipinski definition) is 7. The first-order valence-electron chi connectivity index (χ1n) is 12.1.